The molecule has 0 amide bonds. The number of nitrogens with zero attached hydrogens (tertiary/aromatic N) is 1. The van der Waals surface area contributed by atoms with Gasteiger partial charge in [-0.25, -0.2) is 0 Å². The van der Waals surface area contributed by atoms with Crippen molar-refractivity contribution in [1.29, 1.82) is 0 Å². The van der Waals surface area contributed by atoms with Gasteiger partial charge in [0.05, 0.1) is 6.42 Å². The van der Waals surface area contributed by atoms with Crippen LogP contribution in [0.5, 0.6) is 17.2 Å². The van der Waals surface area contributed by atoms with E-state index in [0.29, 0.717) is 22.8 Å². The summed E-state index contributed by atoms with van der Waals surface area (Å²) >= 11 is 0. The van der Waals surface area contributed by atoms with Gasteiger partial charge in [-0.15, -0.1) is 0 Å². The Hall–Kier alpha value is -3.80. The summed E-state index contributed by atoms with van der Waals surface area (Å²) in [7, 11) is 1.47. The lowest BCUT2D eigenvalue weighted by molar-refractivity contribution is -0.136. The Kier molecular flexibility index (Phi) is 6.84. The van der Waals surface area contributed by atoms with Crippen molar-refractivity contribution >= 4 is 11.7 Å². The molecule has 3 rings (SSSR count). The van der Waals surface area contributed by atoms with Crippen LogP contribution in [0, 0.1) is 0 Å². The third kappa shape index (κ3) is 6.10. The molecule has 148 valence electrons. The molecule has 0 heterocycles. The number of aliphatic carboxylic acids is 1. The lowest BCUT2D eigenvalue weighted by atomic mass is 10.1. The smallest absolute Gasteiger partial charge is 0.307 e. The second kappa shape index (κ2) is 9.94. The molecule has 0 fully saturated rings. The first-order chi connectivity index (χ1) is 14.1. The molecule has 0 spiro atoms. The minimum atomic E-state index is -0.890. The van der Waals surface area contributed by atoms with Crippen LogP contribution in [0.4, 0.5) is 0 Å². The fourth-order valence-electron chi connectivity index (χ4n) is 2.71. The Labute approximate surface area is 169 Å². The van der Waals surface area contributed by atoms with E-state index in [9.17, 15) is 4.79 Å². The summed E-state index contributed by atoms with van der Waals surface area (Å²) in [6, 6.07) is 23.9. The third-order valence-corrected chi connectivity index (χ3v) is 3.98. The van der Waals surface area contributed by atoms with Crippen LogP contribution in [-0.2, 0) is 16.1 Å². The summed E-state index contributed by atoms with van der Waals surface area (Å²) in [5, 5.41) is 13.0. The normalized spacial score (nSPS) is 11.0. The van der Waals surface area contributed by atoms with Crippen LogP contribution in [0.3, 0.4) is 0 Å². The summed E-state index contributed by atoms with van der Waals surface area (Å²) in [4.78, 5) is 15.9. The molecular weight excluding hydrogens is 370 g/mol. The first kappa shape index (κ1) is 19.9. The predicted molar refractivity (Wildman–Crippen MR) is 110 cm³/mol. The number of rotatable bonds is 9. The van der Waals surface area contributed by atoms with Crippen molar-refractivity contribution in [2.45, 2.75) is 6.42 Å². The topological polar surface area (TPSA) is 77.4 Å². The van der Waals surface area contributed by atoms with Gasteiger partial charge in [-0.2, -0.15) is 0 Å². The molecule has 3 aromatic rings. The summed E-state index contributed by atoms with van der Waals surface area (Å²) in [6.07, 6.45) is -0.0604. The maximum atomic E-state index is 10.9. The van der Waals surface area contributed by atoms with E-state index in [2.05, 4.69) is 5.16 Å². The van der Waals surface area contributed by atoms with Gasteiger partial charge in [-0.3, -0.25) is 4.79 Å². The standard InChI is InChI=1S/C23H21NO5/c1-27-24-22(16-28-20-11-5-7-17(13-20)14-23(25)26)18-8-6-12-21(15-18)29-19-9-3-2-4-10-19/h2-13,15H,14,16H2,1H3,(H,25,26)/b24-22+. The fraction of sp³-hybridized carbons (Fsp3) is 0.130. The molecule has 0 bridgehead atoms. The zero-order valence-corrected chi connectivity index (χ0v) is 15.9. The lowest BCUT2D eigenvalue weighted by Gasteiger charge is -2.11. The number of ether oxygens (including phenoxy) is 2. The molecular formula is C23H21NO5. The van der Waals surface area contributed by atoms with Crippen LogP contribution in [0.15, 0.2) is 84.0 Å². The Morgan fingerprint density at radius 3 is 2.38 bits per heavy atom. The average molecular weight is 391 g/mol. The van der Waals surface area contributed by atoms with Gasteiger partial charge in [0.25, 0.3) is 0 Å². The molecule has 0 saturated carbocycles. The van der Waals surface area contributed by atoms with Gasteiger partial charge in [-0.1, -0.05) is 47.6 Å². The zero-order chi connectivity index (χ0) is 20.5. The number of carboxylic acids is 1. The van der Waals surface area contributed by atoms with Crippen LogP contribution in [0.2, 0.25) is 0 Å². The van der Waals surface area contributed by atoms with Crippen molar-refractivity contribution in [2.24, 2.45) is 5.16 Å². The van der Waals surface area contributed by atoms with E-state index < -0.39 is 5.97 Å². The van der Waals surface area contributed by atoms with Crippen LogP contribution >= 0.6 is 0 Å². The highest BCUT2D eigenvalue weighted by atomic mass is 16.6. The summed E-state index contributed by atoms with van der Waals surface area (Å²) in [5.74, 6) is 1.07. The Bertz CT molecular complexity index is 985. The molecule has 1 N–H and O–H groups in total. The first-order valence-electron chi connectivity index (χ1n) is 9.01. The molecule has 0 aliphatic carbocycles. The van der Waals surface area contributed by atoms with E-state index >= 15 is 0 Å². The van der Waals surface area contributed by atoms with Gasteiger partial charge < -0.3 is 19.4 Å². The first-order valence-corrected chi connectivity index (χ1v) is 9.01. The quantitative estimate of drug-likeness (QED) is 0.428. The maximum Gasteiger partial charge on any atom is 0.307 e. The highest BCUT2D eigenvalue weighted by molar-refractivity contribution is 6.01. The molecule has 0 aromatic heterocycles. The van der Waals surface area contributed by atoms with Gasteiger partial charge in [0, 0.05) is 5.56 Å². The molecule has 0 atom stereocenters. The van der Waals surface area contributed by atoms with Gasteiger partial charge in [0.1, 0.15) is 36.7 Å². The maximum absolute atomic E-state index is 10.9. The van der Waals surface area contributed by atoms with E-state index in [1.165, 1.54) is 7.11 Å². The van der Waals surface area contributed by atoms with Crippen molar-refractivity contribution in [2.75, 3.05) is 13.7 Å². The molecule has 0 aliphatic heterocycles. The minimum Gasteiger partial charge on any atom is -0.487 e. The molecule has 0 saturated heterocycles. The van der Waals surface area contributed by atoms with E-state index in [1.807, 2.05) is 54.6 Å². The van der Waals surface area contributed by atoms with Crippen molar-refractivity contribution in [1.82, 2.24) is 0 Å². The van der Waals surface area contributed by atoms with E-state index in [-0.39, 0.29) is 13.0 Å². The van der Waals surface area contributed by atoms with Crippen molar-refractivity contribution in [3.8, 4) is 17.2 Å². The second-order valence-electron chi connectivity index (χ2n) is 6.17. The monoisotopic (exact) mass is 391 g/mol. The minimum absolute atomic E-state index is 0.0604. The fourth-order valence-corrected chi connectivity index (χ4v) is 2.71. The van der Waals surface area contributed by atoms with E-state index in [4.69, 9.17) is 19.4 Å². The summed E-state index contributed by atoms with van der Waals surface area (Å²) < 4.78 is 11.7. The number of carboxylic acid groups (broad SMARTS) is 1. The van der Waals surface area contributed by atoms with Gasteiger partial charge in [0.2, 0.25) is 0 Å². The van der Waals surface area contributed by atoms with E-state index in [1.54, 1.807) is 24.3 Å². The largest absolute Gasteiger partial charge is 0.487 e. The lowest BCUT2D eigenvalue weighted by Crippen LogP contribution is -2.14. The highest BCUT2D eigenvalue weighted by Crippen LogP contribution is 2.22. The molecule has 6 heteroatoms. The number of hydrogen-bond donors (Lipinski definition) is 1. The van der Waals surface area contributed by atoms with Crippen LogP contribution in [-0.4, -0.2) is 30.5 Å². The van der Waals surface area contributed by atoms with Gasteiger partial charge >= 0.3 is 5.97 Å². The number of oxime groups is 1. The summed E-state index contributed by atoms with van der Waals surface area (Å²) in [5.41, 5.74) is 2.04. The van der Waals surface area contributed by atoms with Crippen LogP contribution in [0.25, 0.3) is 0 Å². The van der Waals surface area contributed by atoms with Crippen LogP contribution < -0.4 is 9.47 Å². The number of benzene rings is 3. The molecule has 0 aliphatic rings. The van der Waals surface area contributed by atoms with Crippen molar-refractivity contribution in [3.05, 3.63) is 90.0 Å². The van der Waals surface area contributed by atoms with Crippen molar-refractivity contribution in [3.63, 3.8) is 0 Å². The van der Waals surface area contributed by atoms with Crippen molar-refractivity contribution < 1.29 is 24.2 Å². The molecule has 0 unspecified atom stereocenters. The van der Waals surface area contributed by atoms with Crippen LogP contribution in [0.1, 0.15) is 11.1 Å². The Morgan fingerprint density at radius 2 is 1.62 bits per heavy atom. The molecule has 6 nitrogen and oxygen atoms in total. The van der Waals surface area contributed by atoms with E-state index in [0.717, 1.165) is 11.3 Å². The average Bonchev–Trinajstić information content (AvgIpc) is 2.72. The van der Waals surface area contributed by atoms with Gasteiger partial charge in [-0.05, 0) is 42.0 Å². The number of hydrogen-bond acceptors (Lipinski definition) is 5. The molecule has 29 heavy (non-hydrogen) atoms. The zero-order valence-electron chi connectivity index (χ0n) is 15.9. The Balaban J connectivity index is 1.72. The Morgan fingerprint density at radius 1 is 0.897 bits per heavy atom. The highest BCUT2D eigenvalue weighted by Gasteiger charge is 2.09. The SMILES string of the molecule is CO/N=C(\COc1cccc(CC(=O)O)c1)c1cccc(Oc2ccccc2)c1. The van der Waals surface area contributed by atoms with Gasteiger partial charge in [0.15, 0.2) is 0 Å². The second-order valence-corrected chi connectivity index (χ2v) is 6.17. The third-order valence-electron chi connectivity index (χ3n) is 3.98. The predicted octanol–water partition coefficient (Wildman–Crippen LogP) is 4.54. The summed E-state index contributed by atoms with van der Waals surface area (Å²) in [6.45, 7) is 0.152. The molecule has 3 aromatic carbocycles. The molecule has 0 radical (unpaired) electrons. The number of para-hydroxylation sites is 1. The number of carbonyl (C=O) groups is 1.